The molecule has 0 aliphatic heterocycles. The van der Waals surface area contributed by atoms with Gasteiger partial charge in [-0.15, -0.1) is 0 Å². The smallest absolute Gasteiger partial charge is 0.255 e. The Balaban J connectivity index is 2.03. The molecule has 2 rings (SSSR count). The van der Waals surface area contributed by atoms with Crippen molar-refractivity contribution in [2.24, 2.45) is 0 Å². The van der Waals surface area contributed by atoms with Crippen LogP contribution in [0.3, 0.4) is 0 Å². The van der Waals surface area contributed by atoms with Crippen molar-refractivity contribution >= 4 is 23.2 Å². The second-order valence-corrected chi connectivity index (χ2v) is 4.90. The van der Waals surface area contributed by atoms with Crippen LogP contribution in [0.1, 0.15) is 24.2 Å². The number of halogens is 1. The van der Waals surface area contributed by atoms with Gasteiger partial charge >= 0.3 is 0 Å². The molecule has 0 bridgehead atoms. The Kier molecular flexibility index (Phi) is 4.58. The number of aromatic nitrogens is 1. The maximum atomic E-state index is 12.0. The normalized spacial score (nSPS) is 10.4. The Bertz CT molecular complexity index is 580. The van der Waals surface area contributed by atoms with Crippen molar-refractivity contribution in [2.45, 2.75) is 20.0 Å². The number of nitrogens with one attached hydrogen (secondary N) is 1. The Morgan fingerprint density at radius 1 is 1.20 bits per heavy atom. The van der Waals surface area contributed by atoms with E-state index in [1.165, 1.54) is 6.20 Å². The van der Waals surface area contributed by atoms with Crippen LogP contribution in [-0.2, 0) is 0 Å². The molecule has 0 fully saturated rings. The zero-order chi connectivity index (χ0) is 14.5. The fourth-order valence-electron chi connectivity index (χ4n) is 1.61. The highest BCUT2D eigenvalue weighted by atomic mass is 35.5. The molecule has 0 aliphatic carbocycles. The summed E-state index contributed by atoms with van der Waals surface area (Å²) in [5, 5.41) is 3.13. The summed E-state index contributed by atoms with van der Waals surface area (Å²) >= 11 is 5.69. The van der Waals surface area contributed by atoms with Gasteiger partial charge < -0.3 is 10.1 Å². The summed E-state index contributed by atoms with van der Waals surface area (Å²) in [5.74, 6) is 0.537. The highest BCUT2D eigenvalue weighted by Gasteiger charge is 2.07. The molecule has 0 saturated heterocycles. The molecular formula is C15H15ClN2O2. The Hall–Kier alpha value is -2.07. The highest BCUT2D eigenvalue weighted by molar-refractivity contribution is 6.29. The van der Waals surface area contributed by atoms with E-state index in [0.29, 0.717) is 16.4 Å². The van der Waals surface area contributed by atoms with Gasteiger partial charge in [-0.1, -0.05) is 11.6 Å². The zero-order valence-corrected chi connectivity index (χ0v) is 12.0. The van der Waals surface area contributed by atoms with Crippen LogP contribution in [0.4, 0.5) is 5.69 Å². The first-order valence-electron chi connectivity index (χ1n) is 6.24. The third-order valence-corrected chi connectivity index (χ3v) is 2.70. The standard InChI is InChI=1S/C15H15ClN2O2/c1-10(2)20-13-6-3-11(4-7-13)15(19)18-12-5-8-14(16)17-9-12/h3-10H,1-2H3,(H,18,19). The van der Waals surface area contributed by atoms with E-state index in [0.717, 1.165) is 5.75 Å². The van der Waals surface area contributed by atoms with Gasteiger partial charge in [0.05, 0.1) is 18.0 Å². The largest absolute Gasteiger partial charge is 0.491 e. The number of carbonyl (C=O) groups excluding carboxylic acids is 1. The number of benzene rings is 1. The molecule has 5 heteroatoms. The topological polar surface area (TPSA) is 51.2 Å². The van der Waals surface area contributed by atoms with E-state index in [2.05, 4.69) is 10.3 Å². The predicted octanol–water partition coefficient (Wildman–Crippen LogP) is 3.77. The molecule has 0 unspecified atom stereocenters. The van der Waals surface area contributed by atoms with E-state index in [-0.39, 0.29) is 12.0 Å². The molecule has 1 aromatic carbocycles. The number of anilines is 1. The fraction of sp³-hybridized carbons (Fsp3) is 0.200. The van der Waals surface area contributed by atoms with Crippen LogP contribution in [-0.4, -0.2) is 17.0 Å². The lowest BCUT2D eigenvalue weighted by Crippen LogP contribution is -2.12. The third kappa shape index (κ3) is 3.96. The molecule has 1 N–H and O–H groups in total. The summed E-state index contributed by atoms with van der Waals surface area (Å²) in [6.07, 6.45) is 1.62. The second-order valence-electron chi connectivity index (χ2n) is 4.51. The fourth-order valence-corrected chi connectivity index (χ4v) is 1.72. The summed E-state index contributed by atoms with van der Waals surface area (Å²) in [5.41, 5.74) is 1.15. The lowest BCUT2D eigenvalue weighted by atomic mass is 10.2. The lowest BCUT2D eigenvalue weighted by Gasteiger charge is -2.10. The number of carbonyl (C=O) groups is 1. The summed E-state index contributed by atoms with van der Waals surface area (Å²) < 4.78 is 5.52. The maximum absolute atomic E-state index is 12.0. The summed E-state index contributed by atoms with van der Waals surface area (Å²) in [7, 11) is 0. The number of hydrogen-bond donors (Lipinski definition) is 1. The van der Waals surface area contributed by atoms with Crippen molar-refractivity contribution in [3.8, 4) is 5.75 Å². The molecule has 20 heavy (non-hydrogen) atoms. The molecular weight excluding hydrogens is 276 g/mol. The molecule has 1 heterocycles. The molecule has 4 nitrogen and oxygen atoms in total. The molecule has 0 radical (unpaired) electrons. The van der Waals surface area contributed by atoms with Crippen LogP contribution in [0.2, 0.25) is 5.15 Å². The van der Waals surface area contributed by atoms with Gasteiger partial charge in [0, 0.05) is 5.56 Å². The van der Waals surface area contributed by atoms with E-state index < -0.39 is 0 Å². The molecule has 1 amide bonds. The van der Waals surface area contributed by atoms with Crippen molar-refractivity contribution in [1.82, 2.24) is 4.98 Å². The first-order valence-corrected chi connectivity index (χ1v) is 6.62. The van der Waals surface area contributed by atoms with Crippen molar-refractivity contribution < 1.29 is 9.53 Å². The minimum Gasteiger partial charge on any atom is -0.491 e. The Labute approximate surface area is 122 Å². The van der Waals surface area contributed by atoms with Crippen LogP contribution in [0.25, 0.3) is 0 Å². The minimum absolute atomic E-state index is 0.106. The average molecular weight is 291 g/mol. The monoisotopic (exact) mass is 290 g/mol. The third-order valence-electron chi connectivity index (χ3n) is 2.47. The van der Waals surface area contributed by atoms with Gasteiger partial charge in [0.1, 0.15) is 10.9 Å². The number of amides is 1. The number of pyridine rings is 1. The van der Waals surface area contributed by atoms with Gasteiger partial charge in [0.15, 0.2) is 0 Å². The van der Waals surface area contributed by atoms with Crippen LogP contribution in [0.5, 0.6) is 5.75 Å². The summed E-state index contributed by atoms with van der Waals surface area (Å²) in [4.78, 5) is 15.9. The number of nitrogens with zero attached hydrogens (tertiary/aromatic N) is 1. The second kappa shape index (κ2) is 6.39. The van der Waals surface area contributed by atoms with E-state index in [1.807, 2.05) is 13.8 Å². The van der Waals surface area contributed by atoms with E-state index in [1.54, 1.807) is 36.4 Å². The first kappa shape index (κ1) is 14.3. The number of ether oxygens (including phenoxy) is 1. The first-order chi connectivity index (χ1) is 9.54. The van der Waals surface area contributed by atoms with Crippen LogP contribution in [0, 0.1) is 0 Å². The van der Waals surface area contributed by atoms with Crippen molar-refractivity contribution in [1.29, 1.82) is 0 Å². The van der Waals surface area contributed by atoms with Crippen molar-refractivity contribution in [3.63, 3.8) is 0 Å². The van der Waals surface area contributed by atoms with Crippen LogP contribution < -0.4 is 10.1 Å². The quantitative estimate of drug-likeness (QED) is 0.872. The van der Waals surface area contributed by atoms with Gasteiger partial charge in [-0.05, 0) is 50.2 Å². The van der Waals surface area contributed by atoms with Crippen molar-refractivity contribution in [3.05, 3.63) is 53.3 Å². The molecule has 0 atom stereocenters. The molecule has 0 aliphatic rings. The molecule has 0 saturated carbocycles. The molecule has 104 valence electrons. The van der Waals surface area contributed by atoms with Gasteiger partial charge in [-0.2, -0.15) is 0 Å². The van der Waals surface area contributed by atoms with Gasteiger partial charge in [-0.25, -0.2) is 4.98 Å². The highest BCUT2D eigenvalue weighted by Crippen LogP contribution is 2.15. The van der Waals surface area contributed by atoms with Gasteiger partial charge in [-0.3, -0.25) is 4.79 Å². The summed E-state index contributed by atoms with van der Waals surface area (Å²) in [6, 6.07) is 10.3. The SMILES string of the molecule is CC(C)Oc1ccc(C(=O)Nc2ccc(Cl)nc2)cc1. The average Bonchev–Trinajstić information content (AvgIpc) is 2.41. The summed E-state index contributed by atoms with van der Waals surface area (Å²) in [6.45, 7) is 3.91. The van der Waals surface area contributed by atoms with E-state index in [4.69, 9.17) is 16.3 Å². The maximum Gasteiger partial charge on any atom is 0.255 e. The van der Waals surface area contributed by atoms with E-state index >= 15 is 0 Å². The van der Waals surface area contributed by atoms with Crippen molar-refractivity contribution in [2.75, 3.05) is 5.32 Å². The van der Waals surface area contributed by atoms with E-state index in [9.17, 15) is 4.79 Å². The molecule has 2 aromatic rings. The minimum atomic E-state index is -0.204. The van der Waals surface area contributed by atoms with Gasteiger partial charge in [0.2, 0.25) is 0 Å². The Morgan fingerprint density at radius 2 is 1.90 bits per heavy atom. The lowest BCUT2D eigenvalue weighted by molar-refractivity contribution is 0.102. The molecule has 1 aromatic heterocycles. The number of hydrogen-bond acceptors (Lipinski definition) is 3. The predicted molar refractivity (Wildman–Crippen MR) is 79.4 cm³/mol. The Morgan fingerprint density at radius 3 is 2.45 bits per heavy atom. The molecule has 0 spiro atoms. The van der Waals surface area contributed by atoms with Crippen LogP contribution in [0.15, 0.2) is 42.6 Å². The zero-order valence-electron chi connectivity index (χ0n) is 11.3. The van der Waals surface area contributed by atoms with Crippen LogP contribution >= 0.6 is 11.6 Å². The van der Waals surface area contributed by atoms with Gasteiger partial charge in [0.25, 0.3) is 5.91 Å². The number of rotatable bonds is 4.